The first-order valence-corrected chi connectivity index (χ1v) is 8.85. The maximum atomic E-state index is 12.4. The van der Waals surface area contributed by atoms with E-state index in [1.807, 2.05) is 11.8 Å². The van der Waals surface area contributed by atoms with Gasteiger partial charge in [0.25, 0.3) is 5.91 Å². The highest BCUT2D eigenvalue weighted by Gasteiger charge is 2.24. The number of hydrogen-bond donors (Lipinski definition) is 1. The Morgan fingerprint density at radius 1 is 1.12 bits per heavy atom. The minimum Gasteiger partial charge on any atom is -0.452 e. The Labute approximate surface area is 148 Å². The number of hydrogen-bond acceptors (Lipinski definition) is 4. The third kappa shape index (κ3) is 5.59. The fraction of sp³-hybridized carbons (Fsp3) is 0.526. The molecule has 0 unspecified atom stereocenters. The fourth-order valence-electron chi connectivity index (χ4n) is 3.22. The third-order valence-electron chi connectivity index (χ3n) is 4.44. The SMILES string of the molecule is CCN(C(=O)COC(=O)c1ccc(NC(C)=O)cc1)C1CCCCC1. The zero-order chi connectivity index (χ0) is 18.2. The smallest absolute Gasteiger partial charge is 0.338 e. The number of nitrogens with zero attached hydrogens (tertiary/aromatic N) is 1. The summed E-state index contributed by atoms with van der Waals surface area (Å²) in [6.07, 6.45) is 5.58. The number of carbonyl (C=O) groups excluding carboxylic acids is 3. The van der Waals surface area contributed by atoms with Crippen LogP contribution in [0, 0.1) is 0 Å². The van der Waals surface area contributed by atoms with Crippen LogP contribution in [-0.2, 0) is 14.3 Å². The van der Waals surface area contributed by atoms with Gasteiger partial charge in [-0.3, -0.25) is 9.59 Å². The van der Waals surface area contributed by atoms with Crippen LogP contribution in [0.2, 0.25) is 0 Å². The first-order chi connectivity index (χ1) is 12.0. The predicted octanol–water partition coefficient (Wildman–Crippen LogP) is 2.98. The molecule has 2 amide bonds. The lowest BCUT2D eigenvalue weighted by molar-refractivity contribution is -0.137. The van der Waals surface area contributed by atoms with Crippen molar-refractivity contribution >= 4 is 23.5 Å². The van der Waals surface area contributed by atoms with Gasteiger partial charge < -0.3 is 15.0 Å². The van der Waals surface area contributed by atoms with Gasteiger partial charge in [0.05, 0.1) is 5.56 Å². The van der Waals surface area contributed by atoms with Crippen molar-refractivity contribution < 1.29 is 19.1 Å². The second kappa shape index (κ2) is 9.20. The van der Waals surface area contributed by atoms with E-state index in [1.54, 1.807) is 24.3 Å². The Balaban J connectivity index is 1.87. The summed E-state index contributed by atoms with van der Waals surface area (Å²) in [6.45, 7) is 3.76. The molecule has 0 bridgehead atoms. The highest BCUT2D eigenvalue weighted by molar-refractivity contribution is 5.93. The molecule has 2 rings (SSSR count). The van der Waals surface area contributed by atoms with E-state index in [2.05, 4.69) is 5.32 Å². The summed E-state index contributed by atoms with van der Waals surface area (Å²) in [5, 5.41) is 2.63. The largest absolute Gasteiger partial charge is 0.452 e. The Morgan fingerprint density at radius 2 is 1.76 bits per heavy atom. The van der Waals surface area contributed by atoms with Crippen molar-refractivity contribution in [3.63, 3.8) is 0 Å². The minimum atomic E-state index is -0.539. The topological polar surface area (TPSA) is 75.7 Å². The summed E-state index contributed by atoms with van der Waals surface area (Å²) in [4.78, 5) is 37.3. The van der Waals surface area contributed by atoms with Crippen molar-refractivity contribution in [3.8, 4) is 0 Å². The van der Waals surface area contributed by atoms with E-state index < -0.39 is 5.97 Å². The second-order valence-corrected chi connectivity index (χ2v) is 6.31. The number of benzene rings is 1. The van der Waals surface area contributed by atoms with Crippen LogP contribution in [0.1, 0.15) is 56.3 Å². The molecule has 0 saturated heterocycles. The molecule has 25 heavy (non-hydrogen) atoms. The molecule has 0 spiro atoms. The van der Waals surface area contributed by atoms with Gasteiger partial charge in [0.15, 0.2) is 6.61 Å². The number of likely N-dealkylation sites (N-methyl/N-ethyl adjacent to an activating group) is 1. The van der Waals surface area contributed by atoms with Gasteiger partial charge in [-0.05, 0) is 44.0 Å². The van der Waals surface area contributed by atoms with E-state index in [4.69, 9.17) is 4.74 Å². The number of rotatable bonds is 6. The van der Waals surface area contributed by atoms with Gasteiger partial charge in [0.1, 0.15) is 0 Å². The lowest BCUT2D eigenvalue weighted by Gasteiger charge is -2.33. The number of nitrogens with one attached hydrogen (secondary N) is 1. The van der Waals surface area contributed by atoms with Crippen LogP contribution in [-0.4, -0.2) is 41.9 Å². The summed E-state index contributed by atoms with van der Waals surface area (Å²) >= 11 is 0. The van der Waals surface area contributed by atoms with Crippen molar-refractivity contribution in [1.82, 2.24) is 4.90 Å². The Morgan fingerprint density at radius 3 is 2.32 bits per heavy atom. The minimum absolute atomic E-state index is 0.141. The van der Waals surface area contributed by atoms with Gasteiger partial charge >= 0.3 is 5.97 Å². The molecule has 1 aliphatic rings. The molecule has 0 heterocycles. The van der Waals surface area contributed by atoms with Gasteiger partial charge in [-0.15, -0.1) is 0 Å². The normalized spacial score (nSPS) is 14.6. The number of amides is 2. The summed E-state index contributed by atoms with van der Waals surface area (Å²) < 4.78 is 5.17. The number of esters is 1. The Bertz CT molecular complexity index is 606. The molecule has 0 radical (unpaired) electrons. The van der Waals surface area contributed by atoms with E-state index in [-0.39, 0.29) is 24.5 Å². The Hall–Kier alpha value is -2.37. The monoisotopic (exact) mass is 346 g/mol. The van der Waals surface area contributed by atoms with E-state index in [0.29, 0.717) is 17.8 Å². The summed E-state index contributed by atoms with van der Waals surface area (Å²) in [7, 11) is 0. The average molecular weight is 346 g/mol. The molecular weight excluding hydrogens is 320 g/mol. The standard InChI is InChI=1S/C19H26N2O4/c1-3-21(17-7-5-4-6-8-17)18(23)13-25-19(24)15-9-11-16(12-10-15)20-14(2)22/h9-12,17H,3-8,13H2,1-2H3,(H,20,22). The predicted molar refractivity (Wildman–Crippen MR) is 95.3 cm³/mol. The highest BCUT2D eigenvalue weighted by Crippen LogP contribution is 2.22. The number of ether oxygens (including phenoxy) is 1. The van der Waals surface area contributed by atoms with Gasteiger partial charge in [-0.1, -0.05) is 19.3 Å². The van der Waals surface area contributed by atoms with Crippen molar-refractivity contribution in [2.75, 3.05) is 18.5 Å². The molecule has 136 valence electrons. The molecular formula is C19H26N2O4. The Kier molecular flexibility index (Phi) is 6.98. The molecule has 0 aliphatic heterocycles. The molecule has 6 nitrogen and oxygen atoms in total. The van der Waals surface area contributed by atoms with Gasteiger partial charge in [0, 0.05) is 25.2 Å². The summed E-state index contributed by atoms with van der Waals surface area (Å²) in [5.74, 6) is -0.858. The average Bonchev–Trinajstić information content (AvgIpc) is 2.61. The quantitative estimate of drug-likeness (QED) is 0.804. The zero-order valence-electron chi connectivity index (χ0n) is 14.9. The molecule has 6 heteroatoms. The first kappa shape index (κ1) is 19.0. The van der Waals surface area contributed by atoms with Crippen molar-refractivity contribution in [2.24, 2.45) is 0 Å². The molecule has 0 aromatic heterocycles. The van der Waals surface area contributed by atoms with E-state index >= 15 is 0 Å². The fourth-order valence-corrected chi connectivity index (χ4v) is 3.22. The van der Waals surface area contributed by atoms with Crippen LogP contribution in [0.5, 0.6) is 0 Å². The lowest BCUT2D eigenvalue weighted by atomic mass is 9.94. The van der Waals surface area contributed by atoms with Crippen molar-refractivity contribution in [1.29, 1.82) is 0 Å². The maximum Gasteiger partial charge on any atom is 0.338 e. The van der Waals surface area contributed by atoms with Crippen LogP contribution in [0.25, 0.3) is 0 Å². The van der Waals surface area contributed by atoms with E-state index in [1.165, 1.54) is 13.3 Å². The maximum absolute atomic E-state index is 12.4. The van der Waals surface area contributed by atoms with E-state index in [9.17, 15) is 14.4 Å². The zero-order valence-corrected chi connectivity index (χ0v) is 14.9. The lowest BCUT2D eigenvalue weighted by Crippen LogP contribution is -2.43. The van der Waals surface area contributed by atoms with Crippen LogP contribution < -0.4 is 5.32 Å². The molecule has 1 saturated carbocycles. The van der Waals surface area contributed by atoms with Crippen LogP contribution in [0.3, 0.4) is 0 Å². The van der Waals surface area contributed by atoms with Crippen LogP contribution >= 0.6 is 0 Å². The first-order valence-electron chi connectivity index (χ1n) is 8.85. The number of carbonyl (C=O) groups is 3. The molecule has 1 fully saturated rings. The third-order valence-corrected chi connectivity index (χ3v) is 4.44. The molecule has 1 aromatic rings. The highest BCUT2D eigenvalue weighted by atomic mass is 16.5. The number of anilines is 1. The van der Waals surface area contributed by atoms with Crippen LogP contribution in [0.4, 0.5) is 5.69 Å². The second-order valence-electron chi connectivity index (χ2n) is 6.31. The molecule has 0 atom stereocenters. The van der Waals surface area contributed by atoms with Crippen molar-refractivity contribution in [3.05, 3.63) is 29.8 Å². The van der Waals surface area contributed by atoms with Gasteiger partial charge in [-0.25, -0.2) is 4.79 Å². The molecule has 1 aliphatic carbocycles. The molecule has 1 aromatic carbocycles. The molecule has 1 N–H and O–H groups in total. The van der Waals surface area contributed by atoms with Crippen LogP contribution in [0.15, 0.2) is 24.3 Å². The van der Waals surface area contributed by atoms with Gasteiger partial charge in [0.2, 0.25) is 5.91 Å². The summed E-state index contributed by atoms with van der Waals surface area (Å²) in [5.41, 5.74) is 0.956. The van der Waals surface area contributed by atoms with E-state index in [0.717, 1.165) is 25.7 Å². The summed E-state index contributed by atoms with van der Waals surface area (Å²) in [6, 6.07) is 6.65. The van der Waals surface area contributed by atoms with Crippen molar-refractivity contribution in [2.45, 2.75) is 52.0 Å². The van der Waals surface area contributed by atoms with Gasteiger partial charge in [-0.2, -0.15) is 0 Å².